The Hall–Kier alpha value is -0.770. The van der Waals surface area contributed by atoms with Crippen LogP contribution in [0.25, 0.3) is 0 Å². The number of carbonyl (C=O) groups excluding carboxylic acids is 1. The van der Waals surface area contributed by atoms with Crippen LogP contribution in [0.4, 0.5) is 4.79 Å². The van der Waals surface area contributed by atoms with Gasteiger partial charge in [0, 0.05) is 31.2 Å². The first-order chi connectivity index (χ1) is 7.31. The summed E-state index contributed by atoms with van der Waals surface area (Å²) in [5, 5.41) is 6.65. The Bertz CT molecular complexity index is 265. The second-order valence-electron chi connectivity index (χ2n) is 5.10. The normalized spacial score (nSPS) is 35.1. The number of likely N-dealkylation sites (tertiary alicyclic amines) is 1. The largest absolute Gasteiger partial charge is 0.335 e. The molecule has 0 radical (unpaired) electrons. The third kappa shape index (κ3) is 2.09. The Morgan fingerprint density at radius 2 is 1.93 bits per heavy atom. The van der Waals surface area contributed by atoms with Gasteiger partial charge in [0.05, 0.1) is 0 Å². The smallest absolute Gasteiger partial charge is 0.317 e. The molecule has 2 heterocycles. The molecule has 1 saturated carbocycles. The first-order valence-corrected chi connectivity index (χ1v) is 6.13. The van der Waals surface area contributed by atoms with Crippen molar-refractivity contribution in [3.63, 3.8) is 0 Å². The Morgan fingerprint density at radius 3 is 2.73 bits per heavy atom. The summed E-state index contributed by atoms with van der Waals surface area (Å²) in [5.74, 6) is 0. The molecule has 0 aromatic heterocycles. The van der Waals surface area contributed by atoms with Crippen molar-refractivity contribution < 1.29 is 4.79 Å². The highest BCUT2D eigenvalue weighted by molar-refractivity contribution is 5.75. The van der Waals surface area contributed by atoms with E-state index in [1.54, 1.807) is 0 Å². The van der Waals surface area contributed by atoms with Crippen molar-refractivity contribution in [2.45, 2.75) is 50.2 Å². The van der Waals surface area contributed by atoms with Crippen molar-refractivity contribution in [1.82, 2.24) is 15.5 Å². The number of fused-ring (bicyclic) bond motifs is 2. The van der Waals surface area contributed by atoms with Gasteiger partial charge in [-0.1, -0.05) is 0 Å². The molecule has 2 aliphatic heterocycles. The van der Waals surface area contributed by atoms with Crippen LogP contribution in [0.15, 0.2) is 0 Å². The molecular weight excluding hydrogens is 190 g/mol. The van der Waals surface area contributed by atoms with Crippen LogP contribution >= 0.6 is 0 Å². The van der Waals surface area contributed by atoms with Gasteiger partial charge < -0.3 is 15.5 Å². The van der Waals surface area contributed by atoms with Crippen molar-refractivity contribution >= 4 is 6.03 Å². The minimum absolute atomic E-state index is 0.159. The lowest BCUT2D eigenvalue weighted by molar-refractivity contribution is 0.194. The highest BCUT2D eigenvalue weighted by Crippen LogP contribution is 2.22. The number of nitrogens with one attached hydrogen (secondary N) is 2. The van der Waals surface area contributed by atoms with E-state index in [4.69, 9.17) is 0 Å². The van der Waals surface area contributed by atoms with Gasteiger partial charge in [-0.3, -0.25) is 0 Å². The Balaban J connectivity index is 1.58. The second-order valence-corrected chi connectivity index (χ2v) is 5.10. The fourth-order valence-electron chi connectivity index (χ4n) is 2.62. The number of hydrogen-bond donors (Lipinski definition) is 2. The lowest BCUT2D eigenvalue weighted by Crippen LogP contribution is -2.45. The van der Waals surface area contributed by atoms with E-state index < -0.39 is 0 Å². The molecule has 2 bridgehead atoms. The van der Waals surface area contributed by atoms with E-state index >= 15 is 0 Å². The quantitative estimate of drug-likeness (QED) is 0.667. The standard InChI is InChI=1S/C11H19N3O/c15-11(13-8-1-2-8)14-6-5-9-3-4-10(7-14)12-9/h8-10,12H,1-7H2,(H,13,15). The molecular formula is C11H19N3O. The SMILES string of the molecule is O=C(NC1CC1)N1CCC2CCC(C1)N2. The van der Waals surface area contributed by atoms with Gasteiger partial charge in [0.2, 0.25) is 0 Å². The maximum atomic E-state index is 11.9. The first kappa shape index (κ1) is 9.46. The third-order valence-corrected chi connectivity index (χ3v) is 3.72. The molecule has 84 valence electrons. The van der Waals surface area contributed by atoms with Gasteiger partial charge in [0.25, 0.3) is 0 Å². The van der Waals surface area contributed by atoms with E-state index in [0.717, 1.165) is 19.5 Å². The average Bonchev–Trinajstić information content (AvgIpc) is 2.91. The van der Waals surface area contributed by atoms with E-state index in [0.29, 0.717) is 18.1 Å². The van der Waals surface area contributed by atoms with Crippen LogP contribution in [0, 0.1) is 0 Å². The molecule has 3 aliphatic rings. The molecule has 4 nitrogen and oxygen atoms in total. The monoisotopic (exact) mass is 209 g/mol. The van der Waals surface area contributed by atoms with Crippen molar-refractivity contribution in [3.8, 4) is 0 Å². The molecule has 3 fully saturated rings. The summed E-state index contributed by atoms with van der Waals surface area (Å²) < 4.78 is 0. The van der Waals surface area contributed by atoms with Gasteiger partial charge in [-0.15, -0.1) is 0 Å². The van der Waals surface area contributed by atoms with E-state index in [-0.39, 0.29) is 6.03 Å². The van der Waals surface area contributed by atoms with Crippen LogP contribution in [0.2, 0.25) is 0 Å². The van der Waals surface area contributed by atoms with Crippen LogP contribution in [-0.4, -0.2) is 42.1 Å². The third-order valence-electron chi connectivity index (χ3n) is 3.72. The number of hydrogen-bond acceptors (Lipinski definition) is 2. The summed E-state index contributed by atoms with van der Waals surface area (Å²) in [4.78, 5) is 13.9. The zero-order chi connectivity index (χ0) is 10.3. The number of carbonyl (C=O) groups is 1. The van der Waals surface area contributed by atoms with E-state index in [1.807, 2.05) is 4.90 Å². The maximum absolute atomic E-state index is 11.9. The molecule has 2 N–H and O–H groups in total. The topological polar surface area (TPSA) is 44.4 Å². The van der Waals surface area contributed by atoms with Crippen LogP contribution in [0.5, 0.6) is 0 Å². The predicted molar refractivity (Wildman–Crippen MR) is 57.7 cm³/mol. The molecule has 4 heteroatoms. The predicted octanol–water partition coefficient (Wildman–Crippen LogP) is 0.685. The number of urea groups is 1. The molecule has 2 amide bonds. The maximum Gasteiger partial charge on any atom is 0.317 e. The average molecular weight is 209 g/mol. The summed E-state index contributed by atoms with van der Waals surface area (Å²) >= 11 is 0. The number of nitrogens with zero attached hydrogens (tertiary/aromatic N) is 1. The van der Waals surface area contributed by atoms with Crippen molar-refractivity contribution in [3.05, 3.63) is 0 Å². The Kier molecular flexibility index (Phi) is 2.31. The molecule has 0 aromatic carbocycles. The molecule has 0 aromatic rings. The lowest BCUT2D eigenvalue weighted by Gasteiger charge is -2.24. The van der Waals surface area contributed by atoms with E-state index in [9.17, 15) is 4.79 Å². The van der Waals surface area contributed by atoms with Crippen molar-refractivity contribution in [1.29, 1.82) is 0 Å². The zero-order valence-corrected chi connectivity index (χ0v) is 9.04. The number of amides is 2. The minimum Gasteiger partial charge on any atom is -0.335 e. The van der Waals surface area contributed by atoms with E-state index in [2.05, 4.69) is 10.6 Å². The second kappa shape index (κ2) is 3.67. The van der Waals surface area contributed by atoms with Crippen LogP contribution < -0.4 is 10.6 Å². The van der Waals surface area contributed by atoms with Gasteiger partial charge in [-0.25, -0.2) is 4.79 Å². The van der Waals surface area contributed by atoms with E-state index in [1.165, 1.54) is 25.7 Å². The Labute approximate surface area is 90.4 Å². The van der Waals surface area contributed by atoms with Gasteiger partial charge in [0.15, 0.2) is 0 Å². The molecule has 0 spiro atoms. The summed E-state index contributed by atoms with van der Waals surface area (Å²) in [5.41, 5.74) is 0. The van der Waals surface area contributed by atoms with Crippen LogP contribution in [0.1, 0.15) is 32.1 Å². The van der Waals surface area contributed by atoms with Crippen LogP contribution in [-0.2, 0) is 0 Å². The molecule has 2 saturated heterocycles. The van der Waals surface area contributed by atoms with Gasteiger partial charge in [-0.05, 0) is 32.1 Å². The Morgan fingerprint density at radius 1 is 1.13 bits per heavy atom. The summed E-state index contributed by atoms with van der Waals surface area (Å²) in [7, 11) is 0. The first-order valence-electron chi connectivity index (χ1n) is 6.13. The van der Waals surface area contributed by atoms with Crippen LogP contribution in [0.3, 0.4) is 0 Å². The minimum atomic E-state index is 0.159. The zero-order valence-electron chi connectivity index (χ0n) is 9.04. The van der Waals surface area contributed by atoms with Gasteiger partial charge >= 0.3 is 6.03 Å². The molecule has 15 heavy (non-hydrogen) atoms. The van der Waals surface area contributed by atoms with Crippen molar-refractivity contribution in [2.24, 2.45) is 0 Å². The van der Waals surface area contributed by atoms with Gasteiger partial charge in [0.1, 0.15) is 0 Å². The lowest BCUT2D eigenvalue weighted by atomic mass is 10.1. The van der Waals surface area contributed by atoms with Gasteiger partial charge in [-0.2, -0.15) is 0 Å². The molecule has 1 aliphatic carbocycles. The summed E-state index contributed by atoms with van der Waals surface area (Å²) in [6.07, 6.45) is 5.99. The molecule has 2 atom stereocenters. The summed E-state index contributed by atoms with van der Waals surface area (Å²) in [6.45, 7) is 1.82. The fraction of sp³-hybridized carbons (Fsp3) is 0.909. The summed E-state index contributed by atoms with van der Waals surface area (Å²) in [6, 6.07) is 1.84. The van der Waals surface area contributed by atoms with Crippen molar-refractivity contribution in [2.75, 3.05) is 13.1 Å². The molecule has 3 rings (SSSR count). The highest BCUT2D eigenvalue weighted by Gasteiger charge is 2.32. The fourth-order valence-corrected chi connectivity index (χ4v) is 2.62. The molecule has 2 unspecified atom stereocenters. The number of rotatable bonds is 1. The highest BCUT2D eigenvalue weighted by atomic mass is 16.2.